The number of rotatable bonds is 3. The maximum absolute atomic E-state index is 13.4. The Bertz CT molecular complexity index is 700. The molecule has 2 rings (SSSR count). The van der Waals surface area contributed by atoms with Crippen LogP contribution in [0.25, 0.3) is 0 Å². The molecule has 0 aliphatic rings. The summed E-state index contributed by atoms with van der Waals surface area (Å²) in [5, 5.41) is 11.1. The molecule has 0 spiro atoms. The van der Waals surface area contributed by atoms with Gasteiger partial charge in [0, 0.05) is 0 Å². The Morgan fingerprint density at radius 2 is 2.05 bits per heavy atom. The van der Waals surface area contributed by atoms with Crippen molar-refractivity contribution < 1.29 is 23.5 Å². The quantitative estimate of drug-likeness (QED) is 0.913. The average Bonchev–Trinajstić information content (AvgIpc) is 2.73. The number of amides is 1. The first-order valence-electron chi connectivity index (χ1n) is 5.35. The predicted molar refractivity (Wildman–Crippen MR) is 68.1 cm³/mol. The van der Waals surface area contributed by atoms with Crippen molar-refractivity contribution in [3.05, 3.63) is 46.0 Å². The lowest BCUT2D eigenvalue weighted by atomic mass is 10.2. The van der Waals surface area contributed by atoms with Crippen molar-refractivity contribution in [1.82, 2.24) is 4.98 Å². The molecular weight excluding hydrogens is 290 g/mol. The van der Waals surface area contributed by atoms with E-state index in [2.05, 4.69) is 10.3 Å². The van der Waals surface area contributed by atoms with Gasteiger partial charge >= 0.3 is 5.97 Å². The maximum atomic E-state index is 13.4. The molecule has 8 heteroatoms. The van der Waals surface area contributed by atoms with E-state index in [0.29, 0.717) is 0 Å². The number of benzene rings is 1. The first kappa shape index (κ1) is 14.1. The Labute approximate surface area is 115 Å². The minimum Gasteiger partial charge on any atom is -0.477 e. The largest absolute Gasteiger partial charge is 0.477 e. The highest BCUT2D eigenvalue weighted by atomic mass is 32.1. The van der Waals surface area contributed by atoms with Crippen molar-refractivity contribution in [2.24, 2.45) is 0 Å². The fraction of sp³-hybridized carbons (Fsp3) is 0.0833. The van der Waals surface area contributed by atoms with Crippen molar-refractivity contribution in [3.63, 3.8) is 0 Å². The van der Waals surface area contributed by atoms with Crippen LogP contribution < -0.4 is 5.32 Å². The van der Waals surface area contributed by atoms with Gasteiger partial charge in [0.15, 0.2) is 5.13 Å². The number of nitrogens with one attached hydrogen (secondary N) is 1. The van der Waals surface area contributed by atoms with Crippen LogP contribution in [0, 0.1) is 18.6 Å². The molecule has 0 aliphatic heterocycles. The number of thiazole rings is 1. The van der Waals surface area contributed by atoms with E-state index in [9.17, 15) is 18.4 Å². The fourth-order valence-corrected chi connectivity index (χ4v) is 2.28. The zero-order valence-corrected chi connectivity index (χ0v) is 10.9. The third-order valence-corrected chi connectivity index (χ3v) is 3.45. The molecule has 104 valence electrons. The molecule has 2 N–H and O–H groups in total. The van der Waals surface area contributed by atoms with E-state index in [-0.39, 0.29) is 15.7 Å². The molecule has 0 bridgehead atoms. The van der Waals surface area contributed by atoms with Gasteiger partial charge in [-0.25, -0.2) is 18.6 Å². The van der Waals surface area contributed by atoms with Crippen LogP contribution in [0.1, 0.15) is 25.7 Å². The molecule has 5 nitrogen and oxygen atoms in total. The molecular formula is C12H8F2N2O3S. The number of carbonyl (C=O) groups excluding carboxylic acids is 1. The van der Waals surface area contributed by atoms with Crippen molar-refractivity contribution >= 4 is 28.3 Å². The average molecular weight is 298 g/mol. The summed E-state index contributed by atoms with van der Waals surface area (Å²) >= 11 is 0.742. The lowest BCUT2D eigenvalue weighted by molar-refractivity contribution is 0.0701. The summed E-state index contributed by atoms with van der Waals surface area (Å²) < 4.78 is 26.4. The van der Waals surface area contributed by atoms with Crippen LogP contribution in [-0.2, 0) is 0 Å². The normalized spacial score (nSPS) is 10.3. The van der Waals surface area contributed by atoms with Gasteiger partial charge < -0.3 is 5.11 Å². The van der Waals surface area contributed by atoms with Crippen molar-refractivity contribution in [3.8, 4) is 0 Å². The number of carbonyl (C=O) groups is 2. The van der Waals surface area contributed by atoms with Crippen LogP contribution in [0.15, 0.2) is 18.2 Å². The van der Waals surface area contributed by atoms with Crippen LogP contribution in [0.2, 0.25) is 0 Å². The van der Waals surface area contributed by atoms with E-state index in [1.807, 2.05) is 0 Å². The minimum absolute atomic E-state index is 0.00793. The zero-order chi connectivity index (χ0) is 14.9. The highest BCUT2D eigenvalue weighted by molar-refractivity contribution is 7.17. The standard InChI is InChI=1S/C12H8F2N2O3S/c1-5-9(11(18)19)20-12(15-5)16-10(17)7-4-6(13)2-3-8(7)14/h2-4H,1H3,(H,18,19)(H,15,16,17). The summed E-state index contributed by atoms with van der Waals surface area (Å²) in [5.41, 5.74) is -0.243. The number of halogens is 2. The molecule has 2 aromatic rings. The Hall–Kier alpha value is -2.35. The molecule has 20 heavy (non-hydrogen) atoms. The van der Waals surface area contributed by atoms with Gasteiger partial charge in [0.25, 0.3) is 5.91 Å². The van der Waals surface area contributed by atoms with Gasteiger partial charge in [0.1, 0.15) is 16.5 Å². The van der Waals surface area contributed by atoms with Gasteiger partial charge in [-0.05, 0) is 25.1 Å². The number of hydrogen-bond donors (Lipinski definition) is 2. The molecule has 0 radical (unpaired) electrons. The number of carboxylic acid groups (broad SMARTS) is 1. The number of aromatic nitrogens is 1. The first-order chi connectivity index (χ1) is 9.38. The smallest absolute Gasteiger partial charge is 0.347 e. The third-order valence-electron chi connectivity index (χ3n) is 2.38. The molecule has 0 aliphatic carbocycles. The number of hydrogen-bond acceptors (Lipinski definition) is 4. The molecule has 0 atom stereocenters. The fourth-order valence-electron chi connectivity index (χ4n) is 1.48. The van der Waals surface area contributed by atoms with Crippen LogP contribution in [0.4, 0.5) is 13.9 Å². The molecule has 1 heterocycles. The van der Waals surface area contributed by atoms with Gasteiger partial charge in [-0.2, -0.15) is 0 Å². The van der Waals surface area contributed by atoms with Gasteiger partial charge in [-0.1, -0.05) is 11.3 Å². The minimum atomic E-state index is -1.17. The number of aryl methyl sites for hydroxylation is 1. The third kappa shape index (κ3) is 2.80. The monoisotopic (exact) mass is 298 g/mol. The molecule has 0 unspecified atom stereocenters. The summed E-state index contributed by atoms with van der Waals surface area (Å²) in [6.07, 6.45) is 0. The number of aromatic carboxylic acids is 1. The van der Waals surface area contributed by atoms with E-state index in [1.165, 1.54) is 6.92 Å². The van der Waals surface area contributed by atoms with Gasteiger partial charge in [-0.3, -0.25) is 10.1 Å². The SMILES string of the molecule is Cc1nc(NC(=O)c2cc(F)ccc2F)sc1C(=O)O. The first-order valence-corrected chi connectivity index (χ1v) is 6.17. The number of carboxylic acids is 1. The van der Waals surface area contributed by atoms with Crippen LogP contribution in [0.3, 0.4) is 0 Å². The second-order valence-electron chi connectivity index (χ2n) is 3.82. The predicted octanol–water partition coefficient (Wildman–Crippen LogP) is 2.68. The molecule has 0 saturated heterocycles. The second-order valence-corrected chi connectivity index (χ2v) is 4.82. The summed E-state index contributed by atoms with van der Waals surface area (Å²) in [6.45, 7) is 1.47. The molecule has 1 amide bonds. The van der Waals surface area contributed by atoms with Crippen LogP contribution >= 0.6 is 11.3 Å². The Morgan fingerprint density at radius 1 is 1.35 bits per heavy atom. The highest BCUT2D eigenvalue weighted by Crippen LogP contribution is 2.23. The number of nitrogens with zero attached hydrogens (tertiary/aromatic N) is 1. The number of anilines is 1. The highest BCUT2D eigenvalue weighted by Gasteiger charge is 2.18. The lowest BCUT2D eigenvalue weighted by Gasteiger charge is -2.03. The van der Waals surface area contributed by atoms with E-state index < -0.39 is 29.1 Å². The van der Waals surface area contributed by atoms with Gasteiger partial charge in [-0.15, -0.1) is 0 Å². The van der Waals surface area contributed by atoms with E-state index >= 15 is 0 Å². The summed E-state index contributed by atoms with van der Waals surface area (Å²) in [7, 11) is 0. The van der Waals surface area contributed by atoms with Crippen molar-refractivity contribution in [2.45, 2.75) is 6.92 Å². The Morgan fingerprint density at radius 3 is 2.65 bits per heavy atom. The van der Waals surface area contributed by atoms with E-state index in [4.69, 9.17) is 5.11 Å². The van der Waals surface area contributed by atoms with Gasteiger partial charge in [0.05, 0.1) is 11.3 Å². The Kier molecular flexibility index (Phi) is 3.75. The zero-order valence-electron chi connectivity index (χ0n) is 10.1. The summed E-state index contributed by atoms with van der Waals surface area (Å²) in [5.74, 6) is -3.70. The van der Waals surface area contributed by atoms with Crippen molar-refractivity contribution in [1.29, 1.82) is 0 Å². The lowest BCUT2D eigenvalue weighted by Crippen LogP contribution is -2.13. The van der Waals surface area contributed by atoms with E-state index in [0.717, 1.165) is 29.5 Å². The molecule has 1 aromatic carbocycles. The van der Waals surface area contributed by atoms with Crippen molar-refractivity contribution in [2.75, 3.05) is 5.32 Å². The Balaban J connectivity index is 2.26. The molecule has 0 saturated carbocycles. The van der Waals surface area contributed by atoms with E-state index in [1.54, 1.807) is 0 Å². The topological polar surface area (TPSA) is 79.3 Å². The maximum Gasteiger partial charge on any atom is 0.347 e. The molecule has 1 aromatic heterocycles. The second kappa shape index (κ2) is 5.33. The summed E-state index contributed by atoms with van der Waals surface area (Å²) in [6, 6.07) is 2.48. The van der Waals surface area contributed by atoms with Gasteiger partial charge in [0.2, 0.25) is 0 Å². The summed E-state index contributed by atoms with van der Waals surface area (Å²) in [4.78, 5) is 26.4. The molecule has 0 fully saturated rings. The van der Waals surface area contributed by atoms with Crippen LogP contribution in [0.5, 0.6) is 0 Å². The van der Waals surface area contributed by atoms with Crippen LogP contribution in [-0.4, -0.2) is 22.0 Å².